The molecular weight excluding hydrogens is 196 g/mol. The quantitative estimate of drug-likeness (QED) is 0.426. The highest BCUT2D eigenvalue weighted by Crippen LogP contribution is 2.20. The molecule has 0 aromatic carbocycles. The monoisotopic (exact) mass is 222 g/mol. The van der Waals surface area contributed by atoms with Crippen molar-refractivity contribution in [3.05, 3.63) is 36.6 Å². The van der Waals surface area contributed by atoms with Gasteiger partial charge in [-0.05, 0) is 24.3 Å². The molecule has 0 saturated carbocycles. The summed E-state index contributed by atoms with van der Waals surface area (Å²) in [5.41, 5.74) is 1.15. The van der Waals surface area contributed by atoms with Crippen LogP contribution < -0.4 is 0 Å². The van der Waals surface area contributed by atoms with Crippen LogP contribution in [0.2, 0.25) is 0 Å². The summed E-state index contributed by atoms with van der Waals surface area (Å²) in [4.78, 5) is 0. The van der Waals surface area contributed by atoms with Crippen LogP contribution in [-0.2, 0) is 4.74 Å². The molecule has 0 aliphatic heterocycles. The van der Waals surface area contributed by atoms with Gasteiger partial charge in [0, 0.05) is 0 Å². The molecule has 1 heteroatoms. The molecule has 0 aromatic rings. The zero-order chi connectivity index (χ0) is 12.6. The van der Waals surface area contributed by atoms with E-state index < -0.39 is 0 Å². The van der Waals surface area contributed by atoms with E-state index in [1.54, 1.807) is 7.11 Å². The van der Waals surface area contributed by atoms with Gasteiger partial charge < -0.3 is 4.74 Å². The normalized spacial score (nSPS) is 14.8. The number of hydrogen-bond acceptors (Lipinski definition) is 1. The highest BCUT2D eigenvalue weighted by atomic mass is 16.5. The average molecular weight is 222 g/mol. The Morgan fingerprint density at radius 3 is 2.31 bits per heavy atom. The van der Waals surface area contributed by atoms with Crippen molar-refractivity contribution in [3.8, 4) is 0 Å². The molecule has 0 rings (SSSR count). The summed E-state index contributed by atoms with van der Waals surface area (Å²) in [6.07, 6.45) is 7.62. The van der Waals surface area contributed by atoms with Crippen LogP contribution in [0.3, 0.4) is 0 Å². The molecule has 2 unspecified atom stereocenters. The SMILES string of the molecule is C=C(/C=C\C(=C)C(C)CCC(C)CC)OC. The average Bonchev–Trinajstić information content (AvgIpc) is 2.31. The van der Waals surface area contributed by atoms with Gasteiger partial charge in [0.05, 0.1) is 7.11 Å². The van der Waals surface area contributed by atoms with E-state index in [1.165, 1.54) is 19.3 Å². The number of allylic oxidation sites excluding steroid dienone is 3. The molecule has 16 heavy (non-hydrogen) atoms. The molecule has 2 atom stereocenters. The number of ether oxygens (including phenoxy) is 1. The Kier molecular flexibility index (Phi) is 7.70. The topological polar surface area (TPSA) is 9.23 Å². The Balaban J connectivity index is 3.99. The predicted molar refractivity (Wildman–Crippen MR) is 72.3 cm³/mol. The summed E-state index contributed by atoms with van der Waals surface area (Å²) in [6, 6.07) is 0. The Bertz CT molecular complexity index is 250. The minimum absolute atomic E-state index is 0.537. The third kappa shape index (κ3) is 6.49. The molecule has 0 fully saturated rings. The Labute approximate surface area is 101 Å². The van der Waals surface area contributed by atoms with Gasteiger partial charge >= 0.3 is 0 Å². The highest BCUT2D eigenvalue weighted by Gasteiger charge is 2.06. The summed E-state index contributed by atoms with van der Waals surface area (Å²) in [5.74, 6) is 2.03. The third-order valence-corrected chi connectivity index (χ3v) is 3.17. The number of rotatable bonds is 8. The van der Waals surface area contributed by atoms with Crippen LogP contribution in [0.4, 0.5) is 0 Å². The first-order valence-corrected chi connectivity index (χ1v) is 6.11. The molecule has 1 nitrogen and oxygen atoms in total. The van der Waals surface area contributed by atoms with E-state index in [0.29, 0.717) is 11.7 Å². The van der Waals surface area contributed by atoms with Crippen molar-refractivity contribution in [2.75, 3.05) is 7.11 Å². The predicted octanol–water partition coefficient (Wildman–Crippen LogP) is 4.72. The molecular formula is C15H26O. The van der Waals surface area contributed by atoms with Gasteiger partial charge in [-0.25, -0.2) is 0 Å². The third-order valence-electron chi connectivity index (χ3n) is 3.17. The van der Waals surface area contributed by atoms with Crippen molar-refractivity contribution >= 4 is 0 Å². The van der Waals surface area contributed by atoms with Crippen molar-refractivity contribution < 1.29 is 4.74 Å². The van der Waals surface area contributed by atoms with Gasteiger partial charge in [0.15, 0.2) is 0 Å². The largest absolute Gasteiger partial charge is 0.497 e. The molecule has 0 N–H and O–H groups in total. The van der Waals surface area contributed by atoms with Crippen LogP contribution in [-0.4, -0.2) is 7.11 Å². The van der Waals surface area contributed by atoms with Crippen LogP contribution in [0.15, 0.2) is 36.6 Å². The van der Waals surface area contributed by atoms with Crippen molar-refractivity contribution in [3.63, 3.8) is 0 Å². The second kappa shape index (κ2) is 8.20. The maximum atomic E-state index is 4.97. The van der Waals surface area contributed by atoms with Gasteiger partial charge in [-0.1, -0.05) is 58.4 Å². The number of hydrogen-bond donors (Lipinski definition) is 0. The summed E-state index contributed by atoms with van der Waals surface area (Å²) in [6.45, 7) is 14.6. The van der Waals surface area contributed by atoms with Crippen LogP contribution in [0.1, 0.15) is 40.0 Å². The van der Waals surface area contributed by atoms with Crippen LogP contribution >= 0.6 is 0 Å². The molecule has 92 valence electrons. The molecule has 0 aliphatic carbocycles. The van der Waals surface area contributed by atoms with Crippen LogP contribution in [0.25, 0.3) is 0 Å². The Morgan fingerprint density at radius 2 is 1.81 bits per heavy atom. The molecule has 0 bridgehead atoms. The smallest absolute Gasteiger partial charge is 0.111 e. The summed E-state index contributed by atoms with van der Waals surface area (Å²) < 4.78 is 4.97. The summed E-state index contributed by atoms with van der Waals surface area (Å²) >= 11 is 0. The Morgan fingerprint density at radius 1 is 1.19 bits per heavy atom. The van der Waals surface area contributed by atoms with Gasteiger partial charge in [-0.3, -0.25) is 0 Å². The van der Waals surface area contributed by atoms with Gasteiger partial charge in [-0.2, -0.15) is 0 Å². The highest BCUT2D eigenvalue weighted by molar-refractivity contribution is 5.22. The van der Waals surface area contributed by atoms with E-state index in [-0.39, 0.29) is 0 Å². The maximum absolute atomic E-state index is 4.97. The molecule has 0 heterocycles. The van der Waals surface area contributed by atoms with Crippen molar-refractivity contribution in [2.24, 2.45) is 11.8 Å². The molecule has 0 aliphatic rings. The zero-order valence-corrected chi connectivity index (χ0v) is 11.3. The minimum Gasteiger partial charge on any atom is -0.497 e. The summed E-state index contributed by atoms with van der Waals surface area (Å²) in [5, 5.41) is 0. The fourth-order valence-corrected chi connectivity index (χ4v) is 1.36. The van der Waals surface area contributed by atoms with Crippen molar-refractivity contribution in [1.29, 1.82) is 0 Å². The lowest BCUT2D eigenvalue weighted by molar-refractivity contribution is 0.308. The first-order chi connectivity index (χ1) is 7.51. The fourth-order valence-electron chi connectivity index (χ4n) is 1.36. The van der Waals surface area contributed by atoms with Crippen molar-refractivity contribution in [1.82, 2.24) is 0 Å². The number of methoxy groups -OCH3 is 1. The fraction of sp³-hybridized carbons (Fsp3) is 0.600. The molecule has 0 spiro atoms. The van der Waals surface area contributed by atoms with Gasteiger partial charge in [0.1, 0.15) is 5.76 Å². The lowest BCUT2D eigenvalue weighted by atomic mass is 9.92. The van der Waals surface area contributed by atoms with Crippen LogP contribution in [0, 0.1) is 11.8 Å². The Hall–Kier alpha value is -0.980. The summed E-state index contributed by atoms with van der Waals surface area (Å²) in [7, 11) is 1.63. The van der Waals surface area contributed by atoms with E-state index in [1.807, 2.05) is 12.2 Å². The lowest BCUT2D eigenvalue weighted by Crippen LogP contribution is -2.00. The molecule has 0 saturated heterocycles. The second-order valence-electron chi connectivity index (χ2n) is 4.57. The van der Waals surface area contributed by atoms with Gasteiger partial charge in [0.2, 0.25) is 0 Å². The van der Waals surface area contributed by atoms with E-state index in [0.717, 1.165) is 11.5 Å². The first-order valence-electron chi connectivity index (χ1n) is 6.11. The standard InChI is InChI=1S/C15H26O/c1-7-12(2)8-9-13(3)14(4)10-11-15(5)16-6/h10-13H,4-5,7-9H2,1-3,6H3/b11-10-. The molecule has 0 aromatic heterocycles. The maximum Gasteiger partial charge on any atom is 0.111 e. The van der Waals surface area contributed by atoms with Gasteiger partial charge in [-0.15, -0.1) is 0 Å². The van der Waals surface area contributed by atoms with E-state index in [9.17, 15) is 0 Å². The van der Waals surface area contributed by atoms with E-state index in [2.05, 4.69) is 33.9 Å². The molecule has 0 amide bonds. The van der Waals surface area contributed by atoms with E-state index >= 15 is 0 Å². The van der Waals surface area contributed by atoms with Gasteiger partial charge in [0.25, 0.3) is 0 Å². The van der Waals surface area contributed by atoms with E-state index in [4.69, 9.17) is 4.74 Å². The minimum atomic E-state index is 0.537. The second-order valence-corrected chi connectivity index (χ2v) is 4.57. The van der Waals surface area contributed by atoms with Crippen LogP contribution in [0.5, 0.6) is 0 Å². The van der Waals surface area contributed by atoms with Crippen molar-refractivity contribution in [2.45, 2.75) is 40.0 Å². The molecule has 0 radical (unpaired) electrons. The lowest BCUT2D eigenvalue weighted by Gasteiger charge is -2.14. The first kappa shape index (κ1) is 15.0. The zero-order valence-electron chi connectivity index (χ0n) is 11.3.